The highest BCUT2D eigenvalue weighted by Gasteiger charge is 2.26. The van der Waals surface area contributed by atoms with Crippen molar-refractivity contribution in [2.75, 3.05) is 0 Å². The van der Waals surface area contributed by atoms with Gasteiger partial charge in [0.05, 0.1) is 11.3 Å². The zero-order valence-corrected chi connectivity index (χ0v) is 15.3. The van der Waals surface area contributed by atoms with Crippen LogP contribution in [-0.2, 0) is 4.74 Å². The molecule has 142 valence electrons. The third-order valence-electron chi connectivity index (χ3n) is 4.34. The monoisotopic (exact) mass is 384 g/mol. The number of carbonyl (C=O) groups excluding carboxylic acids is 2. The van der Waals surface area contributed by atoms with E-state index in [1.807, 2.05) is 12.1 Å². The van der Waals surface area contributed by atoms with Crippen LogP contribution in [0, 0.1) is 0 Å². The number of rotatable bonds is 6. The Hall–Kier alpha value is -4.13. The Morgan fingerprint density at radius 3 is 2.07 bits per heavy atom. The third kappa shape index (κ3) is 4.08. The SMILES string of the molecule is O=C(OC(C(=O)c1ccccc1)c1ccccc1)c1ccc(-n2cnnn2)cc1. The average Bonchev–Trinajstić information content (AvgIpc) is 3.33. The van der Waals surface area contributed by atoms with Crippen molar-refractivity contribution in [3.63, 3.8) is 0 Å². The first-order valence-electron chi connectivity index (χ1n) is 8.91. The highest BCUT2D eigenvalue weighted by molar-refractivity contribution is 6.02. The number of ketones is 1. The van der Waals surface area contributed by atoms with Crippen molar-refractivity contribution in [1.29, 1.82) is 0 Å². The molecule has 1 heterocycles. The number of benzene rings is 3. The van der Waals surface area contributed by atoms with E-state index in [1.54, 1.807) is 72.8 Å². The zero-order valence-electron chi connectivity index (χ0n) is 15.3. The van der Waals surface area contributed by atoms with Gasteiger partial charge < -0.3 is 4.74 Å². The van der Waals surface area contributed by atoms with Crippen molar-refractivity contribution in [3.8, 4) is 5.69 Å². The summed E-state index contributed by atoms with van der Waals surface area (Å²) < 4.78 is 7.11. The van der Waals surface area contributed by atoms with Crippen LogP contribution in [-0.4, -0.2) is 32.0 Å². The molecule has 0 spiro atoms. The molecule has 1 atom stereocenters. The minimum Gasteiger partial charge on any atom is -0.445 e. The van der Waals surface area contributed by atoms with Crippen molar-refractivity contribution in [1.82, 2.24) is 20.2 Å². The second kappa shape index (κ2) is 8.26. The standard InChI is InChI=1S/C22H16N4O3/c27-20(16-7-3-1-4-8-16)21(17-9-5-2-6-10-17)29-22(28)18-11-13-19(14-12-18)26-15-23-24-25-26/h1-15,21H. The number of hydrogen-bond acceptors (Lipinski definition) is 6. The van der Waals surface area contributed by atoms with Crippen molar-refractivity contribution in [3.05, 3.63) is 108 Å². The highest BCUT2D eigenvalue weighted by Crippen LogP contribution is 2.24. The van der Waals surface area contributed by atoms with E-state index >= 15 is 0 Å². The summed E-state index contributed by atoms with van der Waals surface area (Å²) in [5.74, 6) is -0.873. The number of esters is 1. The van der Waals surface area contributed by atoms with Crippen LogP contribution < -0.4 is 0 Å². The molecule has 4 aromatic rings. The first-order valence-corrected chi connectivity index (χ1v) is 8.91. The Morgan fingerprint density at radius 2 is 1.45 bits per heavy atom. The number of hydrogen-bond donors (Lipinski definition) is 0. The number of aromatic nitrogens is 4. The van der Waals surface area contributed by atoms with Crippen molar-refractivity contribution in [2.24, 2.45) is 0 Å². The molecule has 0 saturated carbocycles. The molecule has 7 heteroatoms. The summed E-state index contributed by atoms with van der Waals surface area (Å²) in [6.45, 7) is 0. The molecule has 0 amide bonds. The normalized spacial score (nSPS) is 11.6. The summed E-state index contributed by atoms with van der Waals surface area (Å²) in [4.78, 5) is 25.8. The van der Waals surface area contributed by atoms with Gasteiger partial charge in [-0.15, -0.1) is 5.10 Å². The van der Waals surface area contributed by atoms with Gasteiger partial charge in [0.25, 0.3) is 0 Å². The zero-order chi connectivity index (χ0) is 20.1. The van der Waals surface area contributed by atoms with E-state index in [1.165, 1.54) is 11.0 Å². The summed E-state index contributed by atoms with van der Waals surface area (Å²) in [5.41, 5.74) is 2.11. The molecule has 1 unspecified atom stereocenters. The predicted molar refractivity (Wildman–Crippen MR) is 105 cm³/mol. The van der Waals surface area contributed by atoms with Gasteiger partial charge in [-0.2, -0.15) is 0 Å². The molecule has 0 aliphatic carbocycles. The van der Waals surface area contributed by atoms with E-state index < -0.39 is 12.1 Å². The molecule has 4 rings (SSSR count). The molecule has 0 saturated heterocycles. The van der Waals surface area contributed by atoms with Crippen LogP contribution in [0.2, 0.25) is 0 Å². The van der Waals surface area contributed by atoms with Gasteiger partial charge in [0, 0.05) is 11.1 Å². The lowest BCUT2D eigenvalue weighted by atomic mass is 10.00. The summed E-state index contributed by atoms with van der Waals surface area (Å²) >= 11 is 0. The third-order valence-corrected chi connectivity index (χ3v) is 4.34. The van der Waals surface area contributed by atoms with E-state index in [0.717, 1.165) is 0 Å². The maximum Gasteiger partial charge on any atom is 0.339 e. The highest BCUT2D eigenvalue weighted by atomic mass is 16.5. The van der Waals surface area contributed by atoms with Crippen LogP contribution in [0.3, 0.4) is 0 Å². The number of Topliss-reactive ketones (excluding diaryl/α,β-unsaturated/α-hetero) is 1. The maximum absolute atomic E-state index is 13.0. The lowest BCUT2D eigenvalue weighted by Crippen LogP contribution is -2.20. The molecule has 0 aliphatic rings. The molecule has 0 N–H and O–H groups in total. The molecule has 29 heavy (non-hydrogen) atoms. The number of ether oxygens (including phenoxy) is 1. The first kappa shape index (κ1) is 18.2. The summed E-state index contributed by atoms with van der Waals surface area (Å²) in [6.07, 6.45) is 0.419. The Morgan fingerprint density at radius 1 is 0.793 bits per heavy atom. The van der Waals surface area contributed by atoms with Gasteiger partial charge in [-0.3, -0.25) is 4.79 Å². The Kier molecular flexibility index (Phi) is 5.20. The molecule has 0 fully saturated rings. The molecular formula is C22H16N4O3. The Labute approximate surface area is 166 Å². The van der Waals surface area contributed by atoms with Crippen LogP contribution >= 0.6 is 0 Å². The molecular weight excluding hydrogens is 368 g/mol. The van der Waals surface area contributed by atoms with Gasteiger partial charge in [-0.1, -0.05) is 60.7 Å². The van der Waals surface area contributed by atoms with Crippen LogP contribution in [0.25, 0.3) is 5.69 Å². The van der Waals surface area contributed by atoms with Crippen molar-refractivity contribution in [2.45, 2.75) is 6.10 Å². The van der Waals surface area contributed by atoms with E-state index in [0.29, 0.717) is 22.4 Å². The smallest absolute Gasteiger partial charge is 0.339 e. The average molecular weight is 384 g/mol. The van der Waals surface area contributed by atoms with Crippen LogP contribution in [0.1, 0.15) is 32.4 Å². The lowest BCUT2D eigenvalue weighted by molar-refractivity contribution is 0.0280. The number of carbonyl (C=O) groups is 2. The van der Waals surface area contributed by atoms with Gasteiger partial charge in [-0.05, 0) is 34.7 Å². The summed E-state index contributed by atoms with van der Waals surface area (Å²) in [7, 11) is 0. The molecule has 3 aromatic carbocycles. The van der Waals surface area contributed by atoms with Gasteiger partial charge >= 0.3 is 5.97 Å². The molecule has 7 nitrogen and oxygen atoms in total. The topological polar surface area (TPSA) is 87.0 Å². The Bertz CT molecular complexity index is 1100. The van der Waals surface area contributed by atoms with Crippen molar-refractivity contribution >= 4 is 11.8 Å². The minimum absolute atomic E-state index is 0.282. The van der Waals surface area contributed by atoms with E-state index in [-0.39, 0.29) is 5.78 Å². The Balaban J connectivity index is 1.59. The van der Waals surface area contributed by atoms with Gasteiger partial charge in [0.15, 0.2) is 6.10 Å². The van der Waals surface area contributed by atoms with E-state index in [9.17, 15) is 9.59 Å². The summed E-state index contributed by atoms with van der Waals surface area (Å²) in [6, 6.07) is 24.4. The first-order chi connectivity index (χ1) is 14.2. The molecule has 0 bridgehead atoms. The summed E-state index contributed by atoms with van der Waals surface area (Å²) in [5, 5.41) is 11.0. The number of tetrazole rings is 1. The van der Waals surface area contributed by atoms with Crippen molar-refractivity contribution < 1.29 is 14.3 Å². The maximum atomic E-state index is 13.0. The molecule has 0 aliphatic heterocycles. The minimum atomic E-state index is -1.04. The van der Waals surface area contributed by atoms with Crippen LogP contribution in [0.15, 0.2) is 91.3 Å². The molecule has 1 aromatic heterocycles. The second-order valence-electron chi connectivity index (χ2n) is 6.23. The lowest BCUT2D eigenvalue weighted by Gasteiger charge is -2.17. The van der Waals surface area contributed by atoms with E-state index in [4.69, 9.17) is 4.74 Å². The number of nitrogens with zero attached hydrogens (tertiary/aromatic N) is 4. The fourth-order valence-electron chi connectivity index (χ4n) is 2.86. The van der Waals surface area contributed by atoms with Gasteiger partial charge in [0.1, 0.15) is 6.33 Å². The van der Waals surface area contributed by atoms with Crippen LogP contribution in [0.4, 0.5) is 0 Å². The van der Waals surface area contributed by atoms with Gasteiger partial charge in [-0.25, -0.2) is 9.48 Å². The van der Waals surface area contributed by atoms with E-state index in [2.05, 4.69) is 15.5 Å². The quantitative estimate of drug-likeness (QED) is 0.374. The fraction of sp³-hybridized carbons (Fsp3) is 0.0455. The van der Waals surface area contributed by atoms with Gasteiger partial charge in [0.2, 0.25) is 5.78 Å². The second-order valence-corrected chi connectivity index (χ2v) is 6.23. The fourth-order valence-corrected chi connectivity index (χ4v) is 2.86. The predicted octanol–water partition coefficient (Wildman–Crippen LogP) is 3.44. The van der Waals surface area contributed by atoms with Crippen LogP contribution in [0.5, 0.6) is 0 Å². The molecule has 0 radical (unpaired) electrons. The largest absolute Gasteiger partial charge is 0.445 e.